The van der Waals surface area contributed by atoms with E-state index in [4.69, 9.17) is 23.7 Å². The SMILES string of the molecule is COCCCC1CNc2cc(CO[C@H]3CN[C@H](CC(C)(C)OC)C[C@@H]3c3ccc(OC)cc3)ccc2O1. The van der Waals surface area contributed by atoms with Gasteiger partial charge in [-0.15, -0.1) is 0 Å². The summed E-state index contributed by atoms with van der Waals surface area (Å²) in [5, 5.41) is 7.26. The monoisotopic (exact) mass is 512 g/mol. The largest absolute Gasteiger partial charge is 0.497 e. The summed E-state index contributed by atoms with van der Waals surface area (Å²) in [4.78, 5) is 0. The molecule has 1 fully saturated rings. The second kappa shape index (κ2) is 13.0. The molecule has 0 spiro atoms. The summed E-state index contributed by atoms with van der Waals surface area (Å²) >= 11 is 0. The van der Waals surface area contributed by atoms with Crippen LogP contribution in [0, 0.1) is 0 Å². The molecule has 37 heavy (non-hydrogen) atoms. The third-order valence-corrected chi connectivity index (χ3v) is 7.63. The standard InChI is InChI=1S/C30H44N2O5/c1-30(2,35-5)17-23-16-26(22-9-11-24(34-4)12-10-22)29(19-31-23)36-20-21-8-13-28-27(15-21)32-18-25(37-28)7-6-14-33-3/h8-13,15,23,25-26,29,31-32H,6-7,14,16-20H2,1-5H3/t23-,25?,26+,29-/m0/s1. The number of fused-ring (bicyclic) bond motifs is 1. The van der Waals surface area contributed by atoms with E-state index in [-0.39, 0.29) is 23.7 Å². The highest BCUT2D eigenvalue weighted by Crippen LogP contribution is 2.35. The van der Waals surface area contributed by atoms with Gasteiger partial charge in [0.2, 0.25) is 0 Å². The van der Waals surface area contributed by atoms with Crippen molar-refractivity contribution < 1.29 is 23.7 Å². The lowest BCUT2D eigenvalue weighted by molar-refractivity contribution is -0.0216. The molecule has 2 aliphatic rings. The molecule has 0 saturated carbocycles. The van der Waals surface area contributed by atoms with Gasteiger partial charge in [0.15, 0.2) is 0 Å². The quantitative estimate of drug-likeness (QED) is 0.382. The van der Waals surface area contributed by atoms with E-state index >= 15 is 0 Å². The van der Waals surface area contributed by atoms with Crippen LogP contribution in [0.1, 0.15) is 56.6 Å². The minimum absolute atomic E-state index is 0.0701. The van der Waals surface area contributed by atoms with Gasteiger partial charge in [-0.25, -0.2) is 0 Å². The van der Waals surface area contributed by atoms with E-state index in [1.54, 1.807) is 21.3 Å². The highest BCUT2D eigenvalue weighted by molar-refractivity contribution is 5.59. The van der Waals surface area contributed by atoms with Crippen LogP contribution in [-0.4, -0.2) is 64.9 Å². The normalized spacial score (nSPS) is 23.6. The van der Waals surface area contributed by atoms with Crippen LogP contribution in [0.15, 0.2) is 42.5 Å². The molecular formula is C30H44N2O5. The Balaban J connectivity index is 1.40. The van der Waals surface area contributed by atoms with Crippen molar-refractivity contribution in [1.29, 1.82) is 0 Å². The summed E-state index contributed by atoms with van der Waals surface area (Å²) in [6.45, 7) is 7.23. The Labute approximate surface area is 222 Å². The topological polar surface area (TPSA) is 70.2 Å². The van der Waals surface area contributed by atoms with Crippen LogP contribution in [-0.2, 0) is 20.8 Å². The van der Waals surface area contributed by atoms with E-state index < -0.39 is 0 Å². The van der Waals surface area contributed by atoms with Gasteiger partial charge in [0, 0.05) is 39.3 Å². The fourth-order valence-electron chi connectivity index (χ4n) is 5.35. The van der Waals surface area contributed by atoms with Gasteiger partial charge in [-0.05, 0) is 74.9 Å². The lowest BCUT2D eigenvalue weighted by atomic mass is 9.81. The first-order valence-corrected chi connectivity index (χ1v) is 13.5. The molecular weight excluding hydrogens is 468 g/mol. The Bertz CT molecular complexity index is 980. The molecule has 0 aromatic heterocycles. The Morgan fingerprint density at radius 1 is 1.03 bits per heavy atom. The number of ether oxygens (including phenoxy) is 5. The molecule has 2 aliphatic heterocycles. The van der Waals surface area contributed by atoms with Gasteiger partial charge in [0.25, 0.3) is 0 Å². The fraction of sp³-hybridized carbons (Fsp3) is 0.600. The average molecular weight is 513 g/mol. The maximum absolute atomic E-state index is 6.57. The Morgan fingerprint density at radius 3 is 2.57 bits per heavy atom. The van der Waals surface area contributed by atoms with Crippen molar-refractivity contribution >= 4 is 5.69 Å². The van der Waals surface area contributed by atoms with Crippen molar-refractivity contribution in [3.63, 3.8) is 0 Å². The summed E-state index contributed by atoms with van der Waals surface area (Å²) in [5.74, 6) is 2.07. The molecule has 204 valence electrons. The van der Waals surface area contributed by atoms with E-state index in [1.165, 1.54) is 5.56 Å². The summed E-state index contributed by atoms with van der Waals surface area (Å²) in [5.41, 5.74) is 3.30. The van der Waals surface area contributed by atoms with Gasteiger partial charge in [0.1, 0.15) is 17.6 Å². The molecule has 2 aromatic carbocycles. The predicted molar refractivity (Wildman–Crippen MR) is 147 cm³/mol. The molecule has 4 rings (SSSR count). The number of methoxy groups -OCH3 is 3. The molecule has 4 atom stereocenters. The molecule has 1 saturated heterocycles. The molecule has 0 radical (unpaired) electrons. The molecule has 0 aliphatic carbocycles. The van der Waals surface area contributed by atoms with Crippen LogP contribution in [0.3, 0.4) is 0 Å². The Morgan fingerprint density at radius 2 is 1.84 bits per heavy atom. The first kappa shape index (κ1) is 27.7. The lowest BCUT2D eigenvalue weighted by Crippen LogP contribution is -2.49. The third kappa shape index (κ3) is 7.60. The molecule has 7 heteroatoms. The second-order valence-corrected chi connectivity index (χ2v) is 10.8. The zero-order chi connectivity index (χ0) is 26.3. The number of nitrogens with one attached hydrogen (secondary N) is 2. The summed E-state index contributed by atoms with van der Waals surface area (Å²) in [7, 11) is 5.23. The average Bonchev–Trinajstić information content (AvgIpc) is 2.92. The molecule has 7 nitrogen and oxygen atoms in total. The fourth-order valence-corrected chi connectivity index (χ4v) is 5.35. The van der Waals surface area contributed by atoms with Crippen LogP contribution in [0.5, 0.6) is 11.5 Å². The van der Waals surface area contributed by atoms with Crippen molar-refractivity contribution in [2.75, 3.05) is 46.3 Å². The zero-order valence-electron chi connectivity index (χ0n) is 23.0. The molecule has 2 N–H and O–H groups in total. The molecule has 2 aromatic rings. The number of hydrogen-bond acceptors (Lipinski definition) is 7. The first-order valence-electron chi connectivity index (χ1n) is 13.5. The molecule has 1 unspecified atom stereocenters. The summed E-state index contributed by atoms with van der Waals surface area (Å²) < 4.78 is 29.0. The zero-order valence-corrected chi connectivity index (χ0v) is 23.0. The smallest absolute Gasteiger partial charge is 0.142 e. The molecule has 2 heterocycles. The number of rotatable bonds is 12. The second-order valence-electron chi connectivity index (χ2n) is 10.8. The van der Waals surface area contributed by atoms with Gasteiger partial charge in [-0.1, -0.05) is 18.2 Å². The lowest BCUT2D eigenvalue weighted by Gasteiger charge is -2.40. The maximum atomic E-state index is 6.57. The van der Waals surface area contributed by atoms with Crippen molar-refractivity contribution in [3.8, 4) is 11.5 Å². The Kier molecular flexibility index (Phi) is 9.71. The molecule has 0 bridgehead atoms. The first-order chi connectivity index (χ1) is 17.9. The van der Waals surface area contributed by atoms with E-state index in [2.05, 4.69) is 54.8 Å². The van der Waals surface area contributed by atoms with Crippen molar-refractivity contribution in [1.82, 2.24) is 5.32 Å². The minimum atomic E-state index is -0.170. The number of anilines is 1. The summed E-state index contributed by atoms with van der Waals surface area (Å²) in [6, 6.07) is 15.1. The number of piperidine rings is 1. The highest BCUT2D eigenvalue weighted by Gasteiger charge is 2.35. The third-order valence-electron chi connectivity index (χ3n) is 7.63. The van der Waals surface area contributed by atoms with Gasteiger partial charge in [-0.2, -0.15) is 0 Å². The minimum Gasteiger partial charge on any atom is -0.497 e. The van der Waals surface area contributed by atoms with Crippen LogP contribution < -0.4 is 20.1 Å². The van der Waals surface area contributed by atoms with Crippen LogP contribution in [0.4, 0.5) is 5.69 Å². The van der Waals surface area contributed by atoms with Crippen LogP contribution >= 0.6 is 0 Å². The molecule has 0 amide bonds. The van der Waals surface area contributed by atoms with Crippen molar-refractivity contribution in [2.24, 2.45) is 0 Å². The summed E-state index contributed by atoms with van der Waals surface area (Å²) in [6.07, 6.45) is 4.17. The number of benzene rings is 2. The van der Waals surface area contributed by atoms with Gasteiger partial charge in [0.05, 0.1) is 37.7 Å². The van der Waals surface area contributed by atoms with E-state index in [1.807, 2.05) is 12.1 Å². The van der Waals surface area contributed by atoms with E-state index in [0.29, 0.717) is 12.6 Å². The maximum Gasteiger partial charge on any atom is 0.142 e. The van der Waals surface area contributed by atoms with Crippen LogP contribution in [0.2, 0.25) is 0 Å². The Hall–Kier alpha value is -2.32. The highest BCUT2D eigenvalue weighted by atomic mass is 16.5. The van der Waals surface area contributed by atoms with Gasteiger partial charge < -0.3 is 34.3 Å². The predicted octanol–water partition coefficient (Wildman–Crippen LogP) is 5.14. The van der Waals surface area contributed by atoms with Crippen molar-refractivity contribution in [3.05, 3.63) is 53.6 Å². The van der Waals surface area contributed by atoms with Gasteiger partial charge in [-0.3, -0.25) is 0 Å². The van der Waals surface area contributed by atoms with Crippen molar-refractivity contribution in [2.45, 2.75) is 75.9 Å². The van der Waals surface area contributed by atoms with E-state index in [9.17, 15) is 0 Å². The number of hydrogen-bond donors (Lipinski definition) is 2. The van der Waals surface area contributed by atoms with E-state index in [0.717, 1.165) is 68.1 Å². The van der Waals surface area contributed by atoms with Crippen LogP contribution in [0.25, 0.3) is 0 Å². The van der Waals surface area contributed by atoms with Gasteiger partial charge >= 0.3 is 0 Å².